The average molecular weight is 259 g/mol. The molecule has 0 spiro atoms. The lowest BCUT2D eigenvalue weighted by molar-refractivity contribution is 0.338. The summed E-state index contributed by atoms with van der Waals surface area (Å²) in [4.78, 5) is 8.82. The van der Waals surface area contributed by atoms with Crippen LogP contribution in [-0.4, -0.2) is 27.1 Å². The van der Waals surface area contributed by atoms with Crippen molar-refractivity contribution in [1.82, 2.24) is 14.5 Å². The highest BCUT2D eigenvalue weighted by atomic mass is 15.1. The van der Waals surface area contributed by atoms with Crippen molar-refractivity contribution in [3.05, 3.63) is 18.6 Å². The van der Waals surface area contributed by atoms with Crippen molar-refractivity contribution in [3.8, 4) is 0 Å². The molecule has 3 N–H and O–H groups in total. The Kier molecular flexibility index (Phi) is 3.38. The lowest BCUT2D eigenvalue weighted by Gasteiger charge is -2.26. The molecule has 2 heterocycles. The number of nitrogens with zero attached hydrogens (tertiary/aromatic N) is 3. The Morgan fingerprint density at radius 3 is 2.89 bits per heavy atom. The van der Waals surface area contributed by atoms with Crippen LogP contribution in [0, 0.1) is 5.92 Å². The fraction of sp³-hybridized carbons (Fsp3) is 0.571. The van der Waals surface area contributed by atoms with Crippen molar-refractivity contribution in [2.24, 2.45) is 18.7 Å². The average Bonchev–Trinajstić information content (AvgIpc) is 2.81. The third-order valence-corrected chi connectivity index (χ3v) is 4.09. The van der Waals surface area contributed by atoms with E-state index in [4.69, 9.17) is 5.73 Å². The van der Waals surface area contributed by atoms with Gasteiger partial charge in [-0.1, -0.05) is 0 Å². The minimum atomic E-state index is 0.411. The van der Waals surface area contributed by atoms with Gasteiger partial charge in [0.25, 0.3) is 0 Å². The molecule has 0 radical (unpaired) electrons. The summed E-state index contributed by atoms with van der Waals surface area (Å²) in [6, 6.07) is 2.40. The fourth-order valence-electron chi connectivity index (χ4n) is 2.82. The lowest BCUT2D eigenvalue weighted by Crippen LogP contribution is -2.29. The number of rotatable bonds is 3. The Labute approximate surface area is 113 Å². The van der Waals surface area contributed by atoms with Gasteiger partial charge in [0.05, 0.1) is 11.8 Å². The number of anilines is 1. The van der Waals surface area contributed by atoms with Gasteiger partial charge >= 0.3 is 0 Å². The van der Waals surface area contributed by atoms with E-state index in [1.807, 2.05) is 30.2 Å². The molecule has 5 nitrogen and oxygen atoms in total. The van der Waals surface area contributed by atoms with Crippen LogP contribution >= 0.6 is 0 Å². The van der Waals surface area contributed by atoms with Crippen molar-refractivity contribution < 1.29 is 0 Å². The number of hydrogen-bond donors (Lipinski definition) is 2. The lowest BCUT2D eigenvalue weighted by atomic mass is 9.86. The number of hydrogen-bond acceptors (Lipinski definition) is 4. The number of aromatic nitrogens is 3. The topological polar surface area (TPSA) is 68.8 Å². The van der Waals surface area contributed by atoms with E-state index in [9.17, 15) is 0 Å². The van der Waals surface area contributed by atoms with Gasteiger partial charge in [0.15, 0.2) is 5.82 Å². The fourth-order valence-corrected chi connectivity index (χ4v) is 2.82. The SMILES string of the molecule is Cn1cnc2c(NCC3CCC(N)CC3)nccc21. The molecule has 0 saturated heterocycles. The van der Waals surface area contributed by atoms with Crippen molar-refractivity contribution in [1.29, 1.82) is 0 Å². The van der Waals surface area contributed by atoms with Gasteiger partial charge < -0.3 is 15.6 Å². The first kappa shape index (κ1) is 12.4. The molecule has 1 fully saturated rings. The molecule has 1 aliphatic carbocycles. The highest BCUT2D eigenvalue weighted by Crippen LogP contribution is 2.24. The molecule has 0 atom stereocenters. The van der Waals surface area contributed by atoms with Crippen LogP contribution in [0.4, 0.5) is 5.82 Å². The molecule has 1 saturated carbocycles. The molecular weight excluding hydrogens is 238 g/mol. The summed E-state index contributed by atoms with van der Waals surface area (Å²) in [5.41, 5.74) is 8.01. The zero-order valence-corrected chi connectivity index (χ0v) is 11.3. The normalized spacial score (nSPS) is 23.7. The van der Waals surface area contributed by atoms with E-state index in [-0.39, 0.29) is 0 Å². The van der Waals surface area contributed by atoms with Gasteiger partial charge in [-0.05, 0) is 37.7 Å². The molecule has 2 aromatic heterocycles. The molecular formula is C14H21N5. The third-order valence-electron chi connectivity index (χ3n) is 4.09. The van der Waals surface area contributed by atoms with Gasteiger partial charge in [-0.15, -0.1) is 0 Å². The number of fused-ring (bicyclic) bond motifs is 1. The van der Waals surface area contributed by atoms with E-state index in [0.29, 0.717) is 12.0 Å². The number of imidazole rings is 1. The van der Waals surface area contributed by atoms with Crippen molar-refractivity contribution in [2.45, 2.75) is 31.7 Å². The molecule has 19 heavy (non-hydrogen) atoms. The molecule has 2 aromatic rings. The second-order valence-electron chi connectivity index (χ2n) is 5.54. The summed E-state index contributed by atoms with van der Waals surface area (Å²) in [7, 11) is 2.00. The maximum Gasteiger partial charge on any atom is 0.154 e. The van der Waals surface area contributed by atoms with Gasteiger partial charge in [-0.25, -0.2) is 9.97 Å². The van der Waals surface area contributed by atoms with Crippen LogP contribution < -0.4 is 11.1 Å². The second-order valence-corrected chi connectivity index (χ2v) is 5.54. The summed E-state index contributed by atoms with van der Waals surface area (Å²) in [6.07, 6.45) is 8.39. The maximum atomic E-state index is 5.94. The molecule has 0 aliphatic heterocycles. The van der Waals surface area contributed by atoms with Gasteiger partial charge in [0.1, 0.15) is 5.52 Å². The molecule has 1 aliphatic rings. The Morgan fingerprint density at radius 2 is 2.11 bits per heavy atom. The maximum absolute atomic E-state index is 5.94. The largest absolute Gasteiger partial charge is 0.368 e. The highest BCUT2D eigenvalue weighted by Gasteiger charge is 2.18. The van der Waals surface area contributed by atoms with Crippen molar-refractivity contribution >= 4 is 16.9 Å². The van der Waals surface area contributed by atoms with E-state index in [2.05, 4.69) is 15.3 Å². The van der Waals surface area contributed by atoms with Crippen LogP contribution in [0.3, 0.4) is 0 Å². The quantitative estimate of drug-likeness (QED) is 0.883. The van der Waals surface area contributed by atoms with E-state index in [1.165, 1.54) is 12.8 Å². The monoisotopic (exact) mass is 259 g/mol. The number of pyridine rings is 1. The zero-order valence-electron chi connectivity index (χ0n) is 11.3. The first-order valence-electron chi connectivity index (χ1n) is 6.99. The van der Waals surface area contributed by atoms with Crippen LogP contribution in [0.15, 0.2) is 18.6 Å². The van der Waals surface area contributed by atoms with E-state index < -0.39 is 0 Å². The predicted molar refractivity (Wildman–Crippen MR) is 76.9 cm³/mol. The molecule has 3 rings (SSSR count). The number of nitrogens with one attached hydrogen (secondary N) is 1. The van der Waals surface area contributed by atoms with Gasteiger partial charge in [0, 0.05) is 25.8 Å². The first-order chi connectivity index (χ1) is 9.24. The van der Waals surface area contributed by atoms with Crippen molar-refractivity contribution in [2.75, 3.05) is 11.9 Å². The van der Waals surface area contributed by atoms with Gasteiger partial charge in [0.2, 0.25) is 0 Å². The highest BCUT2D eigenvalue weighted by molar-refractivity contribution is 5.85. The predicted octanol–water partition coefficient (Wildman–Crippen LogP) is 1.90. The van der Waals surface area contributed by atoms with Crippen molar-refractivity contribution in [3.63, 3.8) is 0 Å². The van der Waals surface area contributed by atoms with Crippen LogP contribution in [-0.2, 0) is 7.05 Å². The molecule has 0 amide bonds. The van der Waals surface area contributed by atoms with Gasteiger partial charge in [-0.3, -0.25) is 0 Å². The smallest absolute Gasteiger partial charge is 0.154 e. The summed E-state index contributed by atoms with van der Waals surface area (Å²) in [5, 5.41) is 3.46. The first-order valence-corrected chi connectivity index (χ1v) is 6.99. The minimum absolute atomic E-state index is 0.411. The molecule has 0 bridgehead atoms. The van der Waals surface area contributed by atoms with Crippen LogP contribution in [0.25, 0.3) is 11.0 Å². The Bertz CT molecular complexity index is 554. The summed E-state index contributed by atoms with van der Waals surface area (Å²) in [5.74, 6) is 1.61. The third kappa shape index (κ3) is 2.56. The van der Waals surface area contributed by atoms with Crippen LogP contribution in [0.5, 0.6) is 0 Å². The zero-order chi connectivity index (χ0) is 13.2. The summed E-state index contributed by atoms with van der Waals surface area (Å²) >= 11 is 0. The van der Waals surface area contributed by atoms with E-state index in [1.54, 1.807) is 0 Å². The summed E-state index contributed by atoms with van der Waals surface area (Å²) in [6.45, 7) is 0.968. The van der Waals surface area contributed by atoms with Crippen LogP contribution in [0.1, 0.15) is 25.7 Å². The minimum Gasteiger partial charge on any atom is -0.368 e. The Hall–Kier alpha value is -1.62. The molecule has 5 heteroatoms. The number of nitrogens with two attached hydrogens (primary N) is 1. The molecule has 102 valence electrons. The Balaban J connectivity index is 1.68. The van der Waals surface area contributed by atoms with E-state index in [0.717, 1.165) is 36.2 Å². The van der Waals surface area contributed by atoms with Crippen LogP contribution in [0.2, 0.25) is 0 Å². The molecule has 0 aromatic carbocycles. The standard InChI is InChI=1S/C14H21N5/c1-19-9-18-13-12(19)6-7-16-14(13)17-8-10-2-4-11(15)5-3-10/h6-7,9-11H,2-5,8,15H2,1H3,(H,16,17). The molecule has 0 unspecified atom stereocenters. The second kappa shape index (κ2) is 5.17. The van der Waals surface area contributed by atoms with Gasteiger partial charge in [-0.2, -0.15) is 0 Å². The number of aryl methyl sites for hydroxylation is 1. The van der Waals surface area contributed by atoms with E-state index >= 15 is 0 Å². The Morgan fingerprint density at radius 1 is 1.32 bits per heavy atom. The summed E-state index contributed by atoms with van der Waals surface area (Å²) < 4.78 is 2.02.